The lowest BCUT2D eigenvalue weighted by Gasteiger charge is -2.35. The average molecular weight is 263 g/mol. The average Bonchev–Trinajstić information content (AvgIpc) is 2.33. The van der Waals surface area contributed by atoms with Gasteiger partial charge in [-0.15, -0.1) is 6.58 Å². The third kappa shape index (κ3) is 2.75. The monoisotopic (exact) mass is 263 g/mol. The number of hydrogen-bond acceptors (Lipinski definition) is 3. The van der Waals surface area contributed by atoms with E-state index in [2.05, 4.69) is 16.9 Å². The van der Waals surface area contributed by atoms with Gasteiger partial charge in [0.2, 0.25) is 5.91 Å². The maximum Gasteiger partial charge on any atom is 0.349 e. The van der Waals surface area contributed by atoms with Crippen LogP contribution in [0.2, 0.25) is 0 Å². The number of carbonyl (C=O) groups excluding carboxylic acids is 2. The molecule has 1 rings (SSSR count). The SMILES string of the molecule is C=CCC1(C(=CCC)CCC)C(=O)NC(=O)N=C1N. The Morgan fingerprint density at radius 2 is 2.16 bits per heavy atom. The van der Waals surface area contributed by atoms with Crippen LogP contribution in [0, 0.1) is 5.41 Å². The van der Waals surface area contributed by atoms with Crippen LogP contribution in [0.15, 0.2) is 29.3 Å². The number of nitrogens with zero attached hydrogens (tertiary/aromatic N) is 1. The Labute approximate surface area is 113 Å². The number of nitrogens with two attached hydrogens (primary N) is 1. The summed E-state index contributed by atoms with van der Waals surface area (Å²) in [5.41, 5.74) is 5.77. The van der Waals surface area contributed by atoms with Gasteiger partial charge in [-0.05, 0) is 19.3 Å². The molecular formula is C14H21N3O2. The van der Waals surface area contributed by atoms with Gasteiger partial charge in [-0.3, -0.25) is 10.1 Å². The van der Waals surface area contributed by atoms with Crippen LogP contribution in [-0.2, 0) is 4.79 Å². The van der Waals surface area contributed by atoms with Gasteiger partial charge in [0, 0.05) is 0 Å². The normalized spacial score (nSPS) is 23.9. The van der Waals surface area contributed by atoms with Crippen molar-refractivity contribution in [1.82, 2.24) is 5.32 Å². The van der Waals surface area contributed by atoms with E-state index in [1.165, 1.54) is 0 Å². The van der Waals surface area contributed by atoms with Gasteiger partial charge in [0.05, 0.1) is 0 Å². The maximum absolute atomic E-state index is 12.3. The molecule has 0 saturated carbocycles. The van der Waals surface area contributed by atoms with Gasteiger partial charge in [0.25, 0.3) is 0 Å². The largest absolute Gasteiger partial charge is 0.386 e. The summed E-state index contributed by atoms with van der Waals surface area (Å²) in [5.74, 6) is -0.340. The Balaban J connectivity index is 3.40. The van der Waals surface area contributed by atoms with Crippen molar-refractivity contribution in [3.05, 3.63) is 24.3 Å². The van der Waals surface area contributed by atoms with Crippen LogP contribution >= 0.6 is 0 Å². The van der Waals surface area contributed by atoms with E-state index in [0.717, 1.165) is 24.8 Å². The number of carbonyl (C=O) groups is 2. The fourth-order valence-electron chi connectivity index (χ4n) is 2.41. The molecule has 1 atom stereocenters. The summed E-state index contributed by atoms with van der Waals surface area (Å²) in [6.07, 6.45) is 6.39. The number of amidine groups is 1. The van der Waals surface area contributed by atoms with Crippen LogP contribution in [0.3, 0.4) is 0 Å². The predicted octanol–water partition coefficient (Wildman–Crippen LogP) is 2.29. The summed E-state index contributed by atoms with van der Waals surface area (Å²) in [5, 5.41) is 2.25. The molecular weight excluding hydrogens is 242 g/mol. The van der Waals surface area contributed by atoms with Gasteiger partial charge >= 0.3 is 6.03 Å². The Hall–Kier alpha value is -1.91. The number of urea groups is 1. The zero-order valence-corrected chi connectivity index (χ0v) is 11.5. The first-order valence-corrected chi connectivity index (χ1v) is 6.53. The number of rotatable bonds is 6. The van der Waals surface area contributed by atoms with Gasteiger partial charge in [-0.1, -0.05) is 38.0 Å². The number of amides is 3. The zero-order chi connectivity index (χ0) is 14.5. The molecule has 1 aliphatic rings. The van der Waals surface area contributed by atoms with Crippen molar-refractivity contribution in [1.29, 1.82) is 0 Å². The highest BCUT2D eigenvalue weighted by atomic mass is 16.2. The molecule has 0 aliphatic carbocycles. The smallest absolute Gasteiger partial charge is 0.349 e. The van der Waals surface area contributed by atoms with Crippen molar-refractivity contribution in [3.63, 3.8) is 0 Å². The lowest BCUT2D eigenvalue weighted by Crippen LogP contribution is -2.56. The molecule has 0 fully saturated rings. The Morgan fingerprint density at radius 3 is 2.63 bits per heavy atom. The van der Waals surface area contributed by atoms with E-state index in [1.807, 2.05) is 19.9 Å². The molecule has 3 N–H and O–H groups in total. The molecule has 0 spiro atoms. The fraction of sp³-hybridized carbons (Fsp3) is 0.500. The van der Waals surface area contributed by atoms with Gasteiger partial charge < -0.3 is 5.73 Å². The summed E-state index contributed by atoms with van der Waals surface area (Å²) >= 11 is 0. The highest BCUT2D eigenvalue weighted by molar-refractivity contribution is 6.20. The van der Waals surface area contributed by atoms with Crippen LogP contribution in [0.5, 0.6) is 0 Å². The zero-order valence-electron chi connectivity index (χ0n) is 11.5. The molecule has 19 heavy (non-hydrogen) atoms. The molecule has 0 aromatic carbocycles. The number of imide groups is 1. The lowest BCUT2D eigenvalue weighted by molar-refractivity contribution is -0.125. The number of hydrogen-bond donors (Lipinski definition) is 2. The van der Waals surface area contributed by atoms with Gasteiger partial charge in [0.15, 0.2) is 0 Å². The summed E-state index contributed by atoms with van der Waals surface area (Å²) in [6, 6.07) is -0.700. The number of aliphatic imine (C=N–C) groups is 1. The van der Waals surface area contributed by atoms with Crippen molar-refractivity contribution in [2.24, 2.45) is 16.1 Å². The molecule has 3 amide bonds. The van der Waals surface area contributed by atoms with E-state index in [-0.39, 0.29) is 5.84 Å². The molecule has 0 radical (unpaired) electrons. The summed E-state index contributed by atoms with van der Waals surface area (Å²) in [7, 11) is 0. The minimum absolute atomic E-state index is 0.0642. The van der Waals surface area contributed by atoms with Crippen LogP contribution < -0.4 is 11.1 Å². The van der Waals surface area contributed by atoms with Gasteiger partial charge in [-0.2, -0.15) is 4.99 Å². The number of allylic oxidation sites excluding steroid dienone is 2. The molecule has 0 saturated heterocycles. The van der Waals surface area contributed by atoms with E-state index in [1.54, 1.807) is 6.08 Å². The Bertz CT molecular complexity index is 452. The first-order valence-electron chi connectivity index (χ1n) is 6.53. The quantitative estimate of drug-likeness (QED) is 0.721. The van der Waals surface area contributed by atoms with Crippen molar-refractivity contribution in [2.45, 2.75) is 39.5 Å². The van der Waals surface area contributed by atoms with Crippen molar-refractivity contribution in [2.75, 3.05) is 0 Å². The topological polar surface area (TPSA) is 84.5 Å². The third-order valence-corrected chi connectivity index (χ3v) is 3.24. The summed E-state index contributed by atoms with van der Waals surface area (Å²) < 4.78 is 0. The molecule has 104 valence electrons. The molecule has 1 heterocycles. The molecule has 1 aliphatic heterocycles. The third-order valence-electron chi connectivity index (χ3n) is 3.24. The van der Waals surface area contributed by atoms with Crippen LogP contribution in [0.4, 0.5) is 4.79 Å². The number of nitrogens with one attached hydrogen (secondary N) is 1. The van der Waals surface area contributed by atoms with Crippen molar-refractivity contribution in [3.8, 4) is 0 Å². The van der Waals surface area contributed by atoms with E-state index in [4.69, 9.17) is 5.73 Å². The first-order chi connectivity index (χ1) is 9.02. The molecule has 0 bridgehead atoms. The van der Waals surface area contributed by atoms with E-state index in [0.29, 0.717) is 6.42 Å². The first kappa shape index (κ1) is 15.1. The lowest BCUT2D eigenvalue weighted by atomic mass is 9.72. The van der Waals surface area contributed by atoms with Gasteiger partial charge in [-0.25, -0.2) is 4.79 Å². The molecule has 5 nitrogen and oxygen atoms in total. The maximum atomic E-state index is 12.3. The molecule has 0 aromatic heterocycles. The van der Waals surface area contributed by atoms with Crippen molar-refractivity contribution < 1.29 is 9.59 Å². The standard InChI is InChI=1S/C14H21N3O2/c1-4-7-10(8-5-2)14(9-6-3)11(15)16-13(19)17-12(14)18/h6-7H,3-5,8-9H2,1-2H3,(H3,15,16,17,18,19). The predicted molar refractivity (Wildman–Crippen MR) is 75.7 cm³/mol. The second kappa shape index (κ2) is 6.31. The highest BCUT2D eigenvalue weighted by Crippen LogP contribution is 2.37. The second-order valence-corrected chi connectivity index (χ2v) is 4.54. The van der Waals surface area contributed by atoms with Crippen LogP contribution in [-0.4, -0.2) is 17.8 Å². The summed E-state index contributed by atoms with van der Waals surface area (Å²) in [6.45, 7) is 7.72. The second-order valence-electron chi connectivity index (χ2n) is 4.54. The van der Waals surface area contributed by atoms with Crippen LogP contribution in [0.25, 0.3) is 0 Å². The van der Waals surface area contributed by atoms with E-state index < -0.39 is 17.4 Å². The van der Waals surface area contributed by atoms with Crippen LogP contribution in [0.1, 0.15) is 39.5 Å². The molecule has 1 unspecified atom stereocenters. The Morgan fingerprint density at radius 1 is 1.47 bits per heavy atom. The fourth-order valence-corrected chi connectivity index (χ4v) is 2.41. The van der Waals surface area contributed by atoms with Gasteiger partial charge in [0.1, 0.15) is 11.3 Å². The van der Waals surface area contributed by atoms with Crippen molar-refractivity contribution >= 4 is 17.8 Å². The molecule has 0 aromatic rings. The highest BCUT2D eigenvalue weighted by Gasteiger charge is 2.47. The molecule has 5 heteroatoms. The summed E-state index contributed by atoms with van der Waals surface area (Å²) in [4.78, 5) is 27.3. The minimum Gasteiger partial charge on any atom is -0.386 e. The Kier molecular flexibility index (Phi) is 5.03. The van der Waals surface area contributed by atoms with E-state index >= 15 is 0 Å². The van der Waals surface area contributed by atoms with E-state index in [9.17, 15) is 9.59 Å². The minimum atomic E-state index is -1.05.